The van der Waals surface area contributed by atoms with Crippen LogP contribution < -0.4 is 4.74 Å². The summed E-state index contributed by atoms with van der Waals surface area (Å²) in [4.78, 5) is 14.1. The second-order valence-corrected chi connectivity index (χ2v) is 4.36. The molecule has 9 heteroatoms. The number of ether oxygens (including phenoxy) is 1. The van der Waals surface area contributed by atoms with Crippen LogP contribution in [-0.4, -0.2) is 17.6 Å². The standard InChI is InChI=1S/C14H7F6NO2/c15-13(16,17)12-5-8(7-22)4-11(21-12)9-2-1-3-10(6-9)23-14(18,19)20/h1-7H. The molecule has 0 unspecified atom stereocenters. The first kappa shape index (κ1) is 16.8. The molecule has 2 aromatic rings. The number of nitrogens with zero attached hydrogens (tertiary/aromatic N) is 1. The van der Waals surface area contributed by atoms with Crippen LogP contribution >= 0.6 is 0 Å². The summed E-state index contributed by atoms with van der Waals surface area (Å²) in [5.41, 5.74) is -1.97. The van der Waals surface area contributed by atoms with E-state index in [4.69, 9.17) is 0 Å². The molecule has 3 nitrogen and oxygen atoms in total. The molecule has 2 rings (SSSR count). The molecular formula is C14H7F6NO2. The van der Waals surface area contributed by atoms with Crippen LogP contribution in [0.5, 0.6) is 5.75 Å². The predicted molar refractivity (Wildman–Crippen MR) is 66.7 cm³/mol. The first-order chi connectivity index (χ1) is 10.6. The molecule has 0 aliphatic heterocycles. The number of pyridine rings is 1. The average Bonchev–Trinajstić information content (AvgIpc) is 2.44. The minimum absolute atomic E-state index is 0.0547. The average molecular weight is 335 g/mol. The normalized spacial score (nSPS) is 12.1. The zero-order chi connectivity index (χ0) is 17.3. The lowest BCUT2D eigenvalue weighted by Crippen LogP contribution is -2.17. The molecule has 1 heterocycles. The molecule has 0 atom stereocenters. The molecule has 0 radical (unpaired) electrons. The molecule has 0 fully saturated rings. The maximum absolute atomic E-state index is 12.7. The Bertz CT molecular complexity index is 724. The van der Waals surface area contributed by atoms with E-state index in [0.717, 1.165) is 18.2 Å². The van der Waals surface area contributed by atoms with Gasteiger partial charge in [0.05, 0.1) is 5.69 Å². The summed E-state index contributed by atoms with van der Waals surface area (Å²) in [5, 5.41) is 0. The first-order valence-corrected chi connectivity index (χ1v) is 5.99. The molecule has 0 spiro atoms. The molecule has 122 valence electrons. The van der Waals surface area contributed by atoms with Gasteiger partial charge in [0, 0.05) is 11.1 Å². The number of hydrogen-bond acceptors (Lipinski definition) is 3. The van der Waals surface area contributed by atoms with Crippen molar-refractivity contribution in [1.29, 1.82) is 0 Å². The second-order valence-electron chi connectivity index (χ2n) is 4.36. The van der Waals surface area contributed by atoms with Gasteiger partial charge in [-0.25, -0.2) is 4.98 Å². The fourth-order valence-corrected chi connectivity index (χ4v) is 1.77. The minimum atomic E-state index is -4.94. The zero-order valence-corrected chi connectivity index (χ0v) is 11.1. The molecule has 0 aliphatic carbocycles. The minimum Gasteiger partial charge on any atom is -0.406 e. The quantitative estimate of drug-likeness (QED) is 0.613. The lowest BCUT2D eigenvalue weighted by atomic mass is 10.1. The van der Waals surface area contributed by atoms with Crippen LogP contribution in [0.3, 0.4) is 0 Å². The Morgan fingerprint density at radius 2 is 1.70 bits per heavy atom. The fraction of sp³-hybridized carbons (Fsp3) is 0.143. The van der Waals surface area contributed by atoms with E-state index in [2.05, 4.69) is 9.72 Å². The van der Waals surface area contributed by atoms with Crippen molar-refractivity contribution in [3.8, 4) is 17.0 Å². The van der Waals surface area contributed by atoms with Crippen LogP contribution in [-0.2, 0) is 6.18 Å². The van der Waals surface area contributed by atoms with Crippen LogP contribution in [0, 0.1) is 0 Å². The van der Waals surface area contributed by atoms with Gasteiger partial charge in [0.25, 0.3) is 0 Å². The van der Waals surface area contributed by atoms with E-state index in [1.807, 2.05) is 0 Å². The van der Waals surface area contributed by atoms with E-state index < -0.39 is 24.0 Å². The number of aldehydes is 1. The highest BCUT2D eigenvalue weighted by Crippen LogP contribution is 2.32. The summed E-state index contributed by atoms with van der Waals surface area (Å²) in [6.45, 7) is 0. The number of alkyl halides is 6. The van der Waals surface area contributed by atoms with Crippen LogP contribution in [0.25, 0.3) is 11.3 Å². The van der Waals surface area contributed by atoms with Crippen molar-refractivity contribution in [3.63, 3.8) is 0 Å². The lowest BCUT2D eigenvalue weighted by Gasteiger charge is -2.11. The lowest BCUT2D eigenvalue weighted by molar-refractivity contribution is -0.274. The van der Waals surface area contributed by atoms with Crippen LogP contribution in [0.1, 0.15) is 16.1 Å². The van der Waals surface area contributed by atoms with Gasteiger partial charge in [-0.2, -0.15) is 13.2 Å². The largest absolute Gasteiger partial charge is 0.573 e. The first-order valence-electron chi connectivity index (χ1n) is 5.99. The third-order valence-electron chi connectivity index (χ3n) is 2.64. The van der Waals surface area contributed by atoms with Crippen molar-refractivity contribution in [2.45, 2.75) is 12.5 Å². The molecule has 0 amide bonds. The Kier molecular flexibility index (Phi) is 4.31. The van der Waals surface area contributed by atoms with E-state index in [0.29, 0.717) is 6.07 Å². The fourth-order valence-electron chi connectivity index (χ4n) is 1.77. The molecule has 0 aliphatic rings. The monoisotopic (exact) mass is 335 g/mol. The smallest absolute Gasteiger partial charge is 0.406 e. The number of rotatable bonds is 3. The van der Waals surface area contributed by atoms with Gasteiger partial charge in [-0.15, -0.1) is 13.2 Å². The number of hydrogen-bond donors (Lipinski definition) is 0. The van der Waals surface area contributed by atoms with Gasteiger partial charge in [0.15, 0.2) is 0 Å². The van der Waals surface area contributed by atoms with Gasteiger partial charge >= 0.3 is 12.5 Å². The highest BCUT2D eigenvalue weighted by Gasteiger charge is 2.33. The SMILES string of the molecule is O=Cc1cc(-c2cccc(OC(F)(F)F)c2)nc(C(F)(F)F)c1. The molecule has 0 bridgehead atoms. The van der Waals surface area contributed by atoms with Crippen molar-refractivity contribution < 1.29 is 35.9 Å². The van der Waals surface area contributed by atoms with E-state index in [9.17, 15) is 31.1 Å². The summed E-state index contributed by atoms with van der Waals surface area (Å²) in [7, 11) is 0. The van der Waals surface area contributed by atoms with E-state index in [1.54, 1.807) is 0 Å². The molecular weight excluding hydrogens is 328 g/mol. The van der Waals surface area contributed by atoms with Crippen molar-refractivity contribution >= 4 is 6.29 Å². The molecule has 1 aromatic heterocycles. The molecule has 0 N–H and O–H groups in total. The van der Waals surface area contributed by atoms with Crippen LogP contribution in [0.15, 0.2) is 36.4 Å². The summed E-state index contributed by atoms with van der Waals surface area (Å²) in [6, 6.07) is 5.87. The van der Waals surface area contributed by atoms with Gasteiger partial charge in [-0.1, -0.05) is 12.1 Å². The van der Waals surface area contributed by atoms with Crippen molar-refractivity contribution in [2.24, 2.45) is 0 Å². The highest BCUT2D eigenvalue weighted by molar-refractivity contribution is 5.78. The van der Waals surface area contributed by atoms with Gasteiger partial charge in [0.1, 0.15) is 17.7 Å². The second kappa shape index (κ2) is 5.90. The molecule has 0 saturated carbocycles. The predicted octanol–water partition coefficient (Wildman–Crippen LogP) is 4.48. The number of benzene rings is 1. The van der Waals surface area contributed by atoms with Gasteiger partial charge in [-0.05, 0) is 24.3 Å². The summed E-state index contributed by atoms with van der Waals surface area (Å²) in [6.07, 6.45) is -9.54. The molecule has 1 aromatic carbocycles. The topological polar surface area (TPSA) is 39.2 Å². The molecule has 23 heavy (non-hydrogen) atoms. The van der Waals surface area contributed by atoms with Crippen molar-refractivity contribution in [3.05, 3.63) is 47.7 Å². The van der Waals surface area contributed by atoms with Crippen LogP contribution in [0.4, 0.5) is 26.3 Å². The van der Waals surface area contributed by atoms with Gasteiger partial charge in [-0.3, -0.25) is 4.79 Å². The Morgan fingerprint density at radius 1 is 1.00 bits per heavy atom. The number of halogens is 6. The molecule has 0 saturated heterocycles. The van der Waals surface area contributed by atoms with Crippen LogP contribution in [0.2, 0.25) is 0 Å². The maximum Gasteiger partial charge on any atom is 0.573 e. The number of carbonyl (C=O) groups excluding carboxylic acids is 1. The Labute approximate surface area is 125 Å². The summed E-state index contributed by atoms with van der Waals surface area (Å²) < 4.78 is 78.5. The van der Waals surface area contributed by atoms with Crippen molar-refractivity contribution in [1.82, 2.24) is 4.98 Å². The van der Waals surface area contributed by atoms with E-state index >= 15 is 0 Å². The van der Waals surface area contributed by atoms with E-state index in [1.165, 1.54) is 12.1 Å². The van der Waals surface area contributed by atoms with Crippen molar-refractivity contribution in [2.75, 3.05) is 0 Å². The number of aromatic nitrogens is 1. The maximum atomic E-state index is 12.7. The third-order valence-corrected chi connectivity index (χ3v) is 2.64. The van der Waals surface area contributed by atoms with Gasteiger partial charge in [0.2, 0.25) is 0 Å². The summed E-state index contributed by atoms with van der Waals surface area (Å²) >= 11 is 0. The Balaban J connectivity index is 2.49. The number of carbonyl (C=O) groups is 1. The third kappa shape index (κ3) is 4.44. The Hall–Kier alpha value is -2.58. The Morgan fingerprint density at radius 3 is 2.26 bits per heavy atom. The van der Waals surface area contributed by atoms with Gasteiger partial charge < -0.3 is 4.74 Å². The van der Waals surface area contributed by atoms with E-state index in [-0.39, 0.29) is 23.1 Å². The zero-order valence-electron chi connectivity index (χ0n) is 11.1. The summed E-state index contributed by atoms with van der Waals surface area (Å²) in [5.74, 6) is -0.609. The highest BCUT2D eigenvalue weighted by atomic mass is 19.4.